The number of aryl methyl sites for hydroxylation is 2. The average molecular weight is 345 g/mol. The van der Waals surface area contributed by atoms with E-state index in [0.29, 0.717) is 5.92 Å². The molecule has 0 saturated heterocycles. The third kappa shape index (κ3) is 4.57. The molecule has 0 amide bonds. The van der Waals surface area contributed by atoms with Crippen LogP contribution in [0.3, 0.4) is 0 Å². The number of hydrogen-bond donors (Lipinski definition) is 1. The quantitative estimate of drug-likeness (QED) is 0.779. The lowest BCUT2D eigenvalue weighted by Crippen LogP contribution is -2.30. The molecule has 24 heavy (non-hydrogen) atoms. The lowest BCUT2D eigenvalue weighted by molar-refractivity contribution is 0.506. The molecule has 130 valence electrons. The van der Waals surface area contributed by atoms with Gasteiger partial charge in [0.15, 0.2) is 5.11 Å². The van der Waals surface area contributed by atoms with Crippen molar-refractivity contribution in [3.8, 4) is 0 Å². The maximum Gasteiger partial charge on any atom is 0.173 e. The van der Waals surface area contributed by atoms with E-state index in [0.717, 1.165) is 36.0 Å². The highest BCUT2D eigenvalue weighted by molar-refractivity contribution is 7.80. The van der Waals surface area contributed by atoms with Gasteiger partial charge < -0.3 is 10.2 Å². The molecule has 2 rings (SSSR count). The number of anilines is 1. The summed E-state index contributed by atoms with van der Waals surface area (Å²) in [5.74, 6) is 0.590. The second-order valence-electron chi connectivity index (χ2n) is 6.31. The Kier molecular flexibility index (Phi) is 6.37. The van der Waals surface area contributed by atoms with Crippen LogP contribution in [-0.2, 0) is 13.1 Å². The minimum Gasteiger partial charge on any atom is -0.348 e. The second-order valence-corrected chi connectivity index (χ2v) is 6.70. The minimum absolute atomic E-state index is 0.590. The molecule has 1 N–H and O–H groups in total. The van der Waals surface area contributed by atoms with Gasteiger partial charge in [0, 0.05) is 37.6 Å². The Balaban J connectivity index is 1.97. The Morgan fingerprint density at radius 2 is 1.96 bits per heavy atom. The average Bonchev–Trinajstić information content (AvgIpc) is 2.94. The molecular weight excluding hydrogens is 316 g/mol. The normalized spacial score (nSPS) is 12.0. The van der Waals surface area contributed by atoms with Gasteiger partial charge in [0.1, 0.15) is 0 Å². The van der Waals surface area contributed by atoms with Crippen molar-refractivity contribution in [1.29, 1.82) is 0 Å². The van der Waals surface area contributed by atoms with E-state index in [1.165, 1.54) is 11.1 Å². The van der Waals surface area contributed by atoms with Gasteiger partial charge >= 0.3 is 0 Å². The predicted octanol–water partition coefficient (Wildman–Crippen LogP) is 4.55. The van der Waals surface area contributed by atoms with Gasteiger partial charge in [-0.2, -0.15) is 5.10 Å². The fourth-order valence-corrected chi connectivity index (χ4v) is 2.74. The van der Waals surface area contributed by atoms with Crippen molar-refractivity contribution in [2.24, 2.45) is 0 Å². The van der Waals surface area contributed by atoms with E-state index in [4.69, 9.17) is 12.2 Å². The van der Waals surface area contributed by atoms with Crippen molar-refractivity contribution in [3.63, 3.8) is 0 Å². The van der Waals surface area contributed by atoms with Crippen LogP contribution in [0, 0.1) is 6.92 Å². The van der Waals surface area contributed by atoms with Gasteiger partial charge in [-0.1, -0.05) is 26.0 Å². The highest BCUT2D eigenvalue weighted by Gasteiger charge is 2.10. The zero-order valence-corrected chi connectivity index (χ0v) is 16.2. The minimum atomic E-state index is 0.590. The Morgan fingerprint density at radius 3 is 2.50 bits per heavy atom. The summed E-state index contributed by atoms with van der Waals surface area (Å²) in [4.78, 5) is 2.04. The molecule has 4 nitrogen and oxygen atoms in total. The third-order valence-corrected chi connectivity index (χ3v) is 4.88. The molecule has 0 aliphatic heterocycles. The Hall–Kier alpha value is -1.88. The lowest BCUT2D eigenvalue weighted by Gasteiger charge is -2.21. The maximum absolute atomic E-state index is 5.53. The number of thiocarbonyl (C=S) groups is 1. The van der Waals surface area contributed by atoms with E-state index in [-0.39, 0.29) is 0 Å². The summed E-state index contributed by atoms with van der Waals surface area (Å²) in [6, 6.07) is 8.55. The van der Waals surface area contributed by atoms with Crippen LogP contribution in [0.4, 0.5) is 5.69 Å². The van der Waals surface area contributed by atoms with E-state index in [9.17, 15) is 0 Å². The number of benzene rings is 1. The van der Waals surface area contributed by atoms with Crippen LogP contribution in [0.15, 0.2) is 30.5 Å². The largest absolute Gasteiger partial charge is 0.348 e. The van der Waals surface area contributed by atoms with Crippen LogP contribution < -0.4 is 5.32 Å². The number of aromatic nitrogens is 2. The molecule has 0 fully saturated rings. The van der Waals surface area contributed by atoms with Gasteiger partial charge in [-0.15, -0.1) is 0 Å². The van der Waals surface area contributed by atoms with Crippen LogP contribution in [0.1, 0.15) is 49.9 Å². The molecule has 0 aliphatic rings. The molecular formula is C19H28N4S. The molecule has 0 saturated carbocycles. The topological polar surface area (TPSA) is 33.1 Å². The number of nitrogens with one attached hydrogen (secondary N) is 1. The summed E-state index contributed by atoms with van der Waals surface area (Å²) in [7, 11) is 2.01. The van der Waals surface area contributed by atoms with Crippen LogP contribution in [0.25, 0.3) is 0 Å². The molecule has 1 aromatic carbocycles. The smallest absolute Gasteiger partial charge is 0.173 e. The van der Waals surface area contributed by atoms with E-state index < -0.39 is 0 Å². The van der Waals surface area contributed by atoms with Gasteiger partial charge in [-0.05, 0) is 56.1 Å². The molecule has 2 aromatic rings. The molecule has 5 heteroatoms. The van der Waals surface area contributed by atoms with Gasteiger partial charge in [-0.25, -0.2) is 0 Å². The maximum atomic E-state index is 5.53. The first-order valence-corrected chi connectivity index (χ1v) is 9.00. The molecule has 0 aliphatic carbocycles. The fraction of sp³-hybridized carbons (Fsp3) is 0.474. The van der Waals surface area contributed by atoms with Crippen LogP contribution in [0.2, 0.25) is 0 Å². The van der Waals surface area contributed by atoms with Crippen molar-refractivity contribution in [3.05, 3.63) is 47.3 Å². The summed E-state index contributed by atoms with van der Waals surface area (Å²) < 4.78 is 1.96. The summed E-state index contributed by atoms with van der Waals surface area (Å²) in [6.07, 6.45) is 3.24. The number of rotatable bonds is 6. The predicted molar refractivity (Wildman–Crippen MR) is 105 cm³/mol. The van der Waals surface area contributed by atoms with E-state index in [1.54, 1.807) is 0 Å². The third-order valence-electron chi connectivity index (χ3n) is 4.47. The Labute approximate surface area is 150 Å². The van der Waals surface area contributed by atoms with Gasteiger partial charge in [0.25, 0.3) is 0 Å². The number of hydrogen-bond acceptors (Lipinski definition) is 2. The first-order valence-electron chi connectivity index (χ1n) is 8.59. The Bertz CT molecular complexity index is 675. The van der Waals surface area contributed by atoms with E-state index in [2.05, 4.69) is 61.6 Å². The van der Waals surface area contributed by atoms with Gasteiger partial charge in [0.2, 0.25) is 0 Å². The Morgan fingerprint density at radius 1 is 1.29 bits per heavy atom. The zero-order chi connectivity index (χ0) is 17.7. The van der Waals surface area contributed by atoms with Crippen molar-refractivity contribution in [2.45, 2.75) is 53.1 Å². The summed E-state index contributed by atoms with van der Waals surface area (Å²) in [5.41, 5.74) is 4.66. The molecule has 0 bridgehead atoms. The van der Waals surface area contributed by atoms with Gasteiger partial charge in [-0.3, -0.25) is 4.68 Å². The first-order chi connectivity index (χ1) is 11.4. The second kappa shape index (κ2) is 8.29. The highest BCUT2D eigenvalue weighted by atomic mass is 32.1. The summed E-state index contributed by atoms with van der Waals surface area (Å²) in [5, 5.41) is 8.52. The van der Waals surface area contributed by atoms with Gasteiger partial charge in [0.05, 0.1) is 5.69 Å². The van der Waals surface area contributed by atoms with Crippen molar-refractivity contribution >= 4 is 23.0 Å². The molecule has 1 unspecified atom stereocenters. The molecule has 1 aromatic heterocycles. The van der Waals surface area contributed by atoms with Crippen LogP contribution in [0.5, 0.6) is 0 Å². The summed E-state index contributed by atoms with van der Waals surface area (Å²) in [6.45, 7) is 10.2. The molecule has 1 heterocycles. The highest BCUT2D eigenvalue weighted by Crippen LogP contribution is 2.20. The number of nitrogens with zero attached hydrogens (tertiary/aromatic N) is 3. The SMILES string of the molecule is CCC(C)c1ccc(NC(=S)N(C)Cc2cn(CC)nc2C)cc1. The first kappa shape index (κ1) is 18.5. The standard InChI is InChI=1S/C19H28N4S/c1-6-14(3)16-8-10-18(11-9-16)20-19(24)22(5)12-17-13-23(7-2)21-15(17)4/h8-11,13-14H,6-7,12H2,1-5H3,(H,20,24). The van der Waals surface area contributed by atoms with Crippen molar-refractivity contribution in [1.82, 2.24) is 14.7 Å². The summed E-state index contributed by atoms with van der Waals surface area (Å²) >= 11 is 5.53. The van der Waals surface area contributed by atoms with Crippen LogP contribution in [-0.4, -0.2) is 26.8 Å². The van der Waals surface area contributed by atoms with Crippen molar-refractivity contribution in [2.75, 3.05) is 12.4 Å². The molecule has 0 spiro atoms. The molecule has 0 radical (unpaired) electrons. The van der Waals surface area contributed by atoms with Crippen LogP contribution >= 0.6 is 12.2 Å². The molecule has 1 atom stereocenters. The van der Waals surface area contributed by atoms with Crippen molar-refractivity contribution < 1.29 is 0 Å². The zero-order valence-electron chi connectivity index (χ0n) is 15.3. The monoisotopic (exact) mass is 344 g/mol. The van der Waals surface area contributed by atoms with E-state index >= 15 is 0 Å². The fourth-order valence-electron chi connectivity index (χ4n) is 2.55. The van der Waals surface area contributed by atoms with E-state index in [1.807, 2.05) is 23.6 Å². The lowest BCUT2D eigenvalue weighted by atomic mass is 9.99.